The Hall–Kier alpha value is -2.61. The third kappa shape index (κ3) is 3.78. The monoisotopic (exact) mass is 318 g/mol. The quantitative estimate of drug-likeness (QED) is 0.903. The van der Waals surface area contributed by atoms with E-state index in [2.05, 4.69) is 10.5 Å². The summed E-state index contributed by atoms with van der Waals surface area (Å²) >= 11 is 0. The lowest BCUT2D eigenvalue weighted by atomic mass is 10.2. The SMILES string of the molecule is Cc1cc(NC(=O)CN2CCN(C(=O)c3ccoc3)CC2)no1. The van der Waals surface area contributed by atoms with Gasteiger partial charge in [0.15, 0.2) is 5.82 Å². The first kappa shape index (κ1) is 15.3. The molecule has 1 fully saturated rings. The number of piperazine rings is 1. The zero-order chi connectivity index (χ0) is 16.2. The molecule has 2 amide bonds. The molecule has 0 aliphatic carbocycles. The van der Waals surface area contributed by atoms with Crippen molar-refractivity contribution in [2.45, 2.75) is 6.92 Å². The van der Waals surface area contributed by atoms with Crippen LogP contribution in [0.1, 0.15) is 16.1 Å². The summed E-state index contributed by atoms with van der Waals surface area (Å²) in [7, 11) is 0. The molecule has 0 atom stereocenters. The molecule has 3 heterocycles. The van der Waals surface area contributed by atoms with Crippen molar-refractivity contribution in [3.05, 3.63) is 36.0 Å². The van der Waals surface area contributed by atoms with E-state index < -0.39 is 0 Å². The van der Waals surface area contributed by atoms with E-state index >= 15 is 0 Å². The van der Waals surface area contributed by atoms with E-state index in [0.29, 0.717) is 43.3 Å². The Morgan fingerprint density at radius 1 is 1.30 bits per heavy atom. The lowest BCUT2D eigenvalue weighted by molar-refractivity contribution is -0.117. The maximum Gasteiger partial charge on any atom is 0.257 e. The number of carbonyl (C=O) groups is 2. The normalized spacial score (nSPS) is 15.6. The molecular weight excluding hydrogens is 300 g/mol. The number of nitrogens with zero attached hydrogens (tertiary/aromatic N) is 3. The Morgan fingerprint density at radius 2 is 2.09 bits per heavy atom. The minimum Gasteiger partial charge on any atom is -0.472 e. The number of rotatable bonds is 4. The molecule has 122 valence electrons. The number of furan rings is 1. The van der Waals surface area contributed by atoms with Crippen molar-refractivity contribution in [3.8, 4) is 0 Å². The van der Waals surface area contributed by atoms with E-state index in [-0.39, 0.29) is 18.4 Å². The highest BCUT2D eigenvalue weighted by Gasteiger charge is 2.23. The molecule has 0 spiro atoms. The molecule has 0 saturated carbocycles. The highest BCUT2D eigenvalue weighted by atomic mass is 16.5. The summed E-state index contributed by atoms with van der Waals surface area (Å²) in [5.41, 5.74) is 0.553. The lowest BCUT2D eigenvalue weighted by Gasteiger charge is -2.34. The summed E-state index contributed by atoms with van der Waals surface area (Å²) in [6.45, 7) is 4.49. The van der Waals surface area contributed by atoms with Crippen LogP contribution >= 0.6 is 0 Å². The van der Waals surface area contributed by atoms with Crippen LogP contribution in [-0.2, 0) is 4.79 Å². The second-order valence-corrected chi connectivity index (χ2v) is 5.45. The van der Waals surface area contributed by atoms with Gasteiger partial charge in [-0.1, -0.05) is 5.16 Å². The Kier molecular flexibility index (Phi) is 4.42. The van der Waals surface area contributed by atoms with Crippen molar-refractivity contribution in [1.29, 1.82) is 0 Å². The molecule has 23 heavy (non-hydrogen) atoms. The van der Waals surface area contributed by atoms with E-state index in [1.165, 1.54) is 12.5 Å². The van der Waals surface area contributed by atoms with Crippen LogP contribution in [0.3, 0.4) is 0 Å². The van der Waals surface area contributed by atoms with E-state index in [1.54, 1.807) is 24.0 Å². The lowest BCUT2D eigenvalue weighted by Crippen LogP contribution is -2.50. The largest absolute Gasteiger partial charge is 0.472 e. The zero-order valence-corrected chi connectivity index (χ0v) is 12.8. The van der Waals surface area contributed by atoms with Crippen molar-refractivity contribution >= 4 is 17.6 Å². The van der Waals surface area contributed by atoms with Gasteiger partial charge < -0.3 is 19.2 Å². The second-order valence-electron chi connectivity index (χ2n) is 5.45. The first-order valence-electron chi connectivity index (χ1n) is 7.39. The van der Waals surface area contributed by atoms with Gasteiger partial charge in [-0.15, -0.1) is 0 Å². The molecule has 1 N–H and O–H groups in total. The molecule has 0 radical (unpaired) electrons. The molecule has 1 saturated heterocycles. The summed E-state index contributed by atoms with van der Waals surface area (Å²) in [6, 6.07) is 3.32. The van der Waals surface area contributed by atoms with Crippen molar-refractivity contribution in [2.24, 2.45) is 0 Å². The van der Waals surface area contributed by atoms with Gasteiger partial charge in [-0.3, -0.25) is 14.5 Å². The maximum absolute atomic E-state index is 12.2. The number of anilines is 1. The number of aryl methyl sites for hydroxylation is 1. The standard InChI is InChI=1S/C15H18N4O4/c1-11-8-13(17-23-11)16-14(20)9-18-3-5-19(6-4-18)15(21)12-2-7-22-10-12/h2,7-8,10H,3-6,9H2,1H3,(H,16,17,20). The summed E-state index contributed by atoms with van der Waals surface area (Å²) in [6.07, 6.45) is 2.93. The van der Waals surface area contributed by atoms with Crippen molar-refractivity contribution in [3.63, 3.8) is 0 Å². The Labute approximate surface area is 133 Å². The fraction of sp³-hybridized carbons (Fsp3) is 0.400. The van der Waals surface area contributed by atoms with Gasteiger partial charge in [-0.05, 0) is 13.0 Å². The van der Waals surface area contributed by atoms with Crippen LogP contribution in [0.2, 0.25) is 0 Å². The molecule has 1 aliphatic heterocycles. The third-order valence-corrected chi connectivity index (χ3v) is 3.69. The molecular formula is C15H18N4O4. The summed E-state index contributed by atoms with van der Waals surface area (Å²) in [5.74, 6) is 0.877. The van der Waals surface area contributed by atoms with Gasteiger partial charge in [-0.25, -0.2) is 0 Å². The minimum absolute atomic E-state index is 0.0408. The van der Waals surface area contributed by atoms with Crippen LogP contribution in [0.4, 0.5) is 5.82 Å². The number of aromatic nitrogens is 1. The topological polar surface area (TPSA) is 91.8 Å². The molecule has 2 aromatic heterocycles. The number of amides is 2. The predicted octanol–water partition coefficient (Wildman–Crippen LogP) is 0.973. The number of carbonyl (C=O) groups excluding carboxylic acids is 2. The van der Waals surface area contributed by atoms with Crippen LogP contribution in [0.5, 0.6) is 0 Å². The van der Waals surface area contributed by atoms with Crippen molar-refractivity contribution in [1.82, 2.24) is 15.0 Å². The molecule has 3 rings (SSSR count). The average molecular weight is 318 g/mol. The molecule has 8 heteroatoms. The minimum atomic E-state index is -0.145. The van der Waals surface area contributed by atoms with Crippen LogP contribution in [0.15, 0.2) is 33.6 Å². The first-order chi connectivity index (χ1) is 11.1. The van der Waals surface area contributed by atoms with Gasteiger partial charge in [0.2, 0.25) is 5.91 Å². The fourth-order valence-corrected chi connectivity index (χ4v) is 2.49. The van der Waals surface area contributed by atoms with Crippen LogP contribution in [-0.4, -0.2) is 59.5 Å². The van der Waals surface area contributed by atoms with Gasteiger partial charge >= 0.3 is 0 Å². The molecule has 0 aromatic carbocycles. The zero-order valence-electron chi connectivity index (χ0n) is 12.8. The van der Waals surface area contributed by atoms with E-state index in [0.717, 1.165) is 0 Å². The van der Waals surface area contributed by atoms with Crippen molar-refractivity contribution < 1.29 is 18.5 Å². The van der Waals surface area contributed by atoms with Gasteiger partial charge in [0, 0.05) is 32.2 Å². The Bertz CT molecular complexity index is 671. The van der Waals surface area contributed by atoms with Gasteiger partial charge in [0.25, 0.3) is 5.91 Å². The van der Waals surface area contributed by atoms with Gasteiger partial charge in [0.1, 0.15) is 12.0 Å². The Morgan fingerprint density at radius 3 is 2.70 bits per heavy atom. The number of hydrogen-bond donors (Lipinski definition) is 1. The van der Waals surface area contributed by atoms with Crippen LogP contribution in [0, 0.1) is 6.92 Å². The number of nitrogens with one attached hydrogen (secondary N) is 1. The van der Waals surface area contributed by atoms with E-state index in [4.69, 9.17) is 8.94 Å². The van der Waals surface area contributed by atoms with Gasteiger partial charge in [-0.2, -0.15) is 0 Å². The summed E-state index contributed by atoms with van der Waals surface area (Å²) in [5, 5.41) is 6.41. The first-order valence-corrected chi connectivity index (χ1v) is 7.39. The Balaban J connectivity index is 1.45. The molecule has 0 unspecified atom stereocenters. The molecule has 2 aromatic rings. The predicted molar refractivity (Wildman–Crippen MR) is 80.9 cm³/mol. The maximum atomic E-state index is 12.2. The second kappa shape index (κ2) is 6.66. The van der Waals surface area contributed by atoms with Crippen molar-refractivity contribution in [2.75, 3.05) is 38.0 Å². The molecule has 0 bridgehead atoms. The molecule has 1 aliphatic rings. The molecule has 8 nitrogen and oxygen atoms in total. The van der Waals surface area contributed by atoms with Crippen LogP contribution < -0.4 is 5.32 Å². The summed E-state index contributed by atoms with van der Waals surface area (Å²) in [4.78, 5) is 27.9. The average Bonchev–Trinajstić information content (AvgIpc) is 3.19. The summed E-state index contributed by atoms with van der Waals surface area (Å²) < 4.78 is 9.84. The van der Waals surface area contributed by atoms with Gasteiger partial charge in [0.05, 0.1) is 18.4 Å². The highest BCUT2D eigenvalue weighted by molar-refractivity contribution is 5.94. The highest BCUT2D eigenvalue weighted by Crippen LogP contribution is 2.10. The third-order valence-electron chi connectivity index (χ3n) is 3.69. The van der Waals surface area contributed by atoms with E-state index in [1.807, 2.05) is 4.90 Å². The fourth-order valence-electron chi connectivity index (χ4n) is 2.49. The number of hydrogen-bond acceptors (Lipinski definition) is 6. The van der Waals surface area contributed by atoms with E-state index in [9.17, 15) is 9.59 Å². The smallest absolute Gasteiger partial charge is 0.257 e. The van der Waals surface area contributed by atoms with Crippen LogP contribution in [0.25, 0.3) is 0 Å².